The van der Waals surface area contributed by atoms with Crippen molar-refractivity contribution in [3.63, 3.8) is 0 Å². The first-order valence-electron chi connectivity index (χ1n) is 16.2. The first kappa shape index (κ1) is 26.5. The SMILES string of the molecule is c1ccc(-c2c3ccccc3c(-c3ccc4cc(-c5ccc6c(c5)sc5ccc7ccccc7c56)ccc4c3)c3ccccc23)cc1. The van der Waals surface area contributed by atoms with E-state index in [-0.39, 0.29) is 0 Å². The highest BCUT2D eigenvalue weighted by Crippen LogP contribution is 2.45. The van der Waals surface area contributed by atoms with Crippen LogP contribution in [0.4, 0.5) is 0 Å². The van der Waals surface area contributed by atoms with Crippen LogP contribution in [0.15, 0.2) is 170 Å². The molecule has 0 unspecified atom stereocenters. The van der Waals surface area contributed by atoms with Crippen LogP contribution in [0.1, 0.15) is 0 Å². The van der Waals surface area contributed by atoms with Gasteiger partial charge in [0.1, 0.15) is 0 Å². The molecule has 47 heavy (non-hydrogen) atoms. The smallest absolute Gasteiger partial charge is 0.0361 e. The minimum absolute atomic E-state index is 1.25. The number of fused-ring (bicyclic) bond motifs is 8. The molecule has 10 rings (SSSR count). The minimum atomic E-state index is 1.25. The Bertz CT molecular complexity index is 2780. The zero-order chi connectivity index (χ0) is 30.9. The largest absolute Gasteiger partial charge is 0.135 e. The van der Waals surface area contributed by atoms with Crippen molar-refractivity contribution in [1.29, 1.82) is 0 Å². The lowest BCUT2D eigenvalue weighted by molar-refractivity contribution is 1.66. The minimum Gasteiger partial charge on any atom is -0.135 e. The van der Waals surface area contributed by atoms with Crippen molar-refractivity contribution in [2.24, 2.45) is 0 Å². The average molecular weight is 613 g/mol. The summed E-state index contributed by atoms with van der Waals surface area (Å²) in [7, 11) is 0. The van der Waals surface area contributed by atoms with Gasteiger partial charge in [-0.15, -0.1) is 11.3 Å². The van der Waals surface area contributed by atoms with Gasteiger partial charge < -0.3 is 0 Å². The van der Waals surface area contributed by atoms with Gasteiger partial charge in [-0.05, 0) is 101 Å². The Hall–Kier alpha value is -5.76. The predicted octanol–water partition coefficient (Wildman–Crippen LogP) is 13.7. The van der Waals surface area contributed by atoms with Crippen LogP contribution in [0.2, 0.25) is 0 Å². The van der Waals surface area contributed by atoms with Crippen molar-refractivity contribution >= 4 is 74.6 Å². The topological polar surface area (TPSA) is 0 Å². The molecule has 0 amide bonds. The third kappa shape index (κ3) is 4.14. The Labute approximate surface area is 276 Å². The van der Waals surface area contributed by atoms with E-state index in [4.69, 9.17) is 0 Å². The highest BCUT2D eigenvalue weighted by Gasteiger charge is 2.17. The molecule has 9 aromatic carbocycles. The van der Waals surface area contributed by atoms with E-state index >= 15 is 0 Å². The van der Waals surface area contributed by atoms with E-state index < -0.39 is 0 Å². The molecule has 0 aliphatic heterocycles. The van der Waals surface area contributed by atoms with E-state index in [2.05, 4.69) is 170 Å². The fraction of sp³-hybridized carbons (Fsp3) is 0. The first-order valence-corrected chi connectivity index (χ1v) is 17.0. The second-order valence-electron chi connectivity index (χ2n) is 12.5. The molecule has 0 atom stereocenters. The van der Waals surface area contributed by atoms with Crippen LogP contribution in [0.25, 0.3) is 96.6 Å². The van der Waals surface area contributed by atoms with Gasteiger partial charge in [0.05, 0.1) is 0 Å². The number of hydrogen-bond donors (Lipinski definition) is 0. The van der Waals surface area contributed by atoms with Crippen molar-refractivity contribution in [1.82, 2.24) is 0 Å². The zero-order valence-electron chi connectivity index (χ0n) is 25.6. The van der Waals surface area contributed by atoms with Crippen molar-refractivity contribution < 1.29 is 0 Å². The summed E-state index contributed by atoms with van der Waals surface area (Å²) in [4.78, 5) is 0. The van der Waals surface area contributed by atoms with Gasteiger partial charge in [-0.2, -0.15) is 0 Å². The molecule has 218 valence electrons. The Morgan fingerprint density at radius 1 is 0.277 bits per heavy atom. The molecule has 0 bridgehead atoms. The quantitative estimate of drug-likeness (QED) is 0.174. The molecule has 0 saturated heterocycles. The van der Waals surface area contributed by atoms with Gasteiger partial charge in [-0.25, -0.2) is 0 Å². The molecule has 1 heteroatoms. The Morgan fingerprint density at radius 3 is 1.49 bits per heavy atom. The summed E-state index contributed by atoms with van der Waals surface area (Å²) in [6, 6.07) is 62.7. The highest BCUT2D eigenvalue weighted by atomic mass is 32.1. The summed E-state index contributed by atoms with van der Waals surface area (Å²) >= 11 is 1.89. The molecule has 0 aliphatic rings. The van der Waals surface area contributed by atoms with Crippen LogP contribution in [0, 0.1) is 0 Å². The number of rotatable bonds is 3. The lowest BCUT2D eigenvalue weighted by atomic mass is 9.85. The van der Waals surface area contributed by atoms with E-state index in [0.29, 0.717) is 0 Å². The fourth-order valence-corrected chi connectivity index (χ4v) is 8.82. The molecule has 0 radical (unpaired) electrons. The molecule has 1 heterocycles. The van der Waals surface area contributed by atoms with Crippen molar-refractivity contribution in [2.75, 3.05) is 0 Å². The molecular formula is C46H28S. The molecular weight excluding hydrogens is 585 g/mol. The van der Waals surface area contributed by atoms with E-state index in [1.165, 1.54) is 96.6 Å². The van der Waals surface area contributed by atoms with Gasteiger partial charge in [-0.1, -0.05) is 146 Å². The molecule has 0 fully saturated rings. The first-order chi connectivity index (χ1) is 23.3. The second kappa shape index (κ2) is 10.4. The van der Waals surface area contributed by atoms with E-state index in [9.17, 15) is 0 Å². The lowest BCUT2D eigenvalue weighted by Crippen LogP contribution is -1.90. The highest BCUT2D eigenvalue weighted by molar-refractivity contribution is 7.26. The maximum absolute atomic E-state index is 2.37. The van der Waals surface area contributed by atoms with Crippen LogP contribution in [-0.2, 0) is 0 Å². The Balaban J connectivity index is 1.11. The molecule has 0 saturated carbocycles. The predicted molar refractivity (Wildman–Crippen MR) is 206 cm³/mol. The second-order valence-corrected chi connectivity index (χ2v) is 13.5. The maximum atomic E-state index is 2.37. The summed E-state index contributed by atoms with van der Waals surface area (Å²) in [5.41, 5.74) is 7.60. The zero-order valence-corrected chi connectivity index (χ0v) is 26.4. The lowest BCUT2D eigenvalue weighted by Gasteiger charge is -2.18. The van der Waals surface area contributed by atoms with E-state index in [1.54, 1.807) is 0 Å². The van der Waals surface area contributed by atoms with Crippen molar-refractivity contribution in [3.8, 4) is 33.4 Å². The summed E-state index contributed by atoms with van der Waals surface area (Å²) in [5.74, 6) is 0. The van der Waals surface area contributed by atoms with Crippen LogP contribution in [0.3, 0.4) is 0 Å². The fourth-order valence-electron chi connectivity index (χ4n) is 7.66. The van der Waals surface area contributed by atoms with Gasteiger partial charge in [0.25, 0.3) is 0 Å². The number of thiophene rings is 1. The Kier molecular flexibility index (Phi) is 5.85. The molecule has 0 N–H and O–H groups in total. The van der Waals surface area contributed by atoms with E-state index in [0.717, 1.165) is 0 Å². The number of benzene rings is 9. The third-order valence-corrected chi connectivity index (χ3v) is 10.9. The molecule has 1 aromatic heterocycles. The summed E-state index contributed by atoms with van der Waals surface area (Å²) in [5, 5.41) is 13.0. The normalized spacial score (nSPS) is 11.8. The van der Waals surface area contributed by atoms with Crippen LogP contribution >= 0.6 is 11.3 Å². The standard InChI is InChI=1S/C46H28S/c1-2-11-30(12-3-1)44-37-14-6-8-16-39(37)45(40-17-9-7-15-38(40)44)35-21-20-31-26-32(18-19-33(31)27-35)34-22-24-41-43(28-34)47-42-25-23-29-10-4-5-13-36(29)46(41)42/h1-28H. The molecule has 10 aromatic rings. The van der Waals surface area contributed by atoms with Gasteiger partial charge in [0, 0.05) is 20.2 Å². The maximum Gasteiger partial charge on any atom is 0.0361 e. The van der Waals surface area contributed by atoms with Crippen LogP contribution in [-0.4, -0.2) is 0 Å². The van der Waals surface area contributed by atoms with Gasteiger partial charge >= 0.3 is 0 Å². The monoisotopic (exact) mass is 612 g/mol. The van der Waals surface area contributed by atoms with Gasteiger partial charge in [-0.3, -0.25) is 0 Å². The Morgan fingerprint density at radius 2 is 0.787 bits per heavy atom. The van der Waals surface area contributed by atoms with Crippen molar-refractivity contribution in [2.45, 2.75) is 0 Å². The molecule has 0 nitrogen and oxygen atoms in total. The average Bonchev–Trinajstić information content (AvgIpc) is 3.52. The number of hydrogen-bond acceptors (Lipinski definition) is 1. The molecule has 0 spiro atoms. The summed E-state index contributed by atoms with van der Waals surface area (Å²) in [6.45, 7) is 0. The van der Waals surface area contributed by atoms with Gasteiger partial charge in [0.2, 0.25) is 0 Å². The van der Waals surface area contributed by atoms with Gasteiger partial charge in [0.15, 0.2) is 0 Å². The van der Waals surface area contributed by atoms with Crippen LogP contribution in [0.5, 0.6) is 0 Å². The molecule has 0 aliphatic carbocycles. The van der Waals surface area contributed by atoms with Crippen molar-refractivity contribution in [3.05, 3.63) is 170 Å². The van der Waals surface area contributed by atoms with Crippen LogP contribution < -0.4 is 0 Å². The third-order valence-electron chi connectivity index (χ3n) is 9.82. The summed E-state index contributed by atoms with van der Waals surface area (Å²) in [6.07, 6.45) is 0. The van der Waals surface area contributed by atoms with E-state index in [1.807, 2.05) is 11.3 Å². The summed E-state index contributed by atoms with van der Waals surface area (Å²) < 4.78 is 2.68.